The molecule has 0 unspecified atom stereocenters. The molecule has 0 fully saturated rings. The predicted molar refractivity (Wildman–Crippen MR) is 85.8 cm³/mol. The van der Waals surface area contributed by atoms with Gasteiger partial charge in [-0.25, -0.2) is 4.42 Å². The zero-order valence-electron chi connectivity index (χ0n) is 10.9. The van der Waals surface area contributed by atoms with Gasteiger partial charge in [-0.3, -0.25) is 0 Å². The number of rotatable bonds is 4. The Morgan fingerprint density at radius 1 is 1.00 bits per heavy atom. The quantitative estimate of drug-likeness (QED) is 0.459. The van der Waals surface area contributed by atoms with Crippen molar-refractivity contribution in [1.82, 2.24) is 0 Å². The van der Waals surface area contributed by atoms with Gasteiger partial charge < -0.3 is 4.74 Å². The van der Waals surface area contributed by atoms with Gasteiger partial charge in [0.15, 0.2) is 0 Å². The van der Waals surface area contributed by atoms with E-state index in [1.807, 2.05) is 41.1 Å². The van der Waals surface area contributed by atoms with Crippen LogP contribution in [0.4, 0.5) is 0 Å². The maximum absolute atomic E-state index is 6.03. The van der Waals surface area contributed by atoms with Crippen LogP contribution in [-0.2, 0) is 4.74 Å². The van der Waals surface area contributed by atoms with Crippen LogP contribution in [0.1, 0.15) is 5.56 Å². The molecule has 0 amide bonds. The Kier molecular flexibility index (Phi) is 3.95. The molecule has 0 saturated carbocycles. The molecule has 0 bridgehead atoms. The molecule has 3 aromatic rings. The van der Waals surface area contributed by atoms with E-state index in [0.29, 0.717) is 0 Å². The average Bonchev–Trinajstić information content (AvgIpc) is 3.17. The number of thiophene rings is 2. The standard InChI is InChI=1S/C16H13O2S2/c1-17-7-6-12-10-13(15-4-2-8-19-15)18-14(11-12)16-5-3-9-20-16/h2-11H,1H3/q+1. The van der Waals surface area contributed by atoms with E-state index in [2.05, 4.69) is 12.1 Å². The van der Waals surface area contributed by atoms with Crippen molar-refractivity contribution in [3.63, 3.8) is 0 Å². The van der Waals surface area contributed by atoms with Crippen LogP contribution in [0.15, 0.2) is 57.8 Å². The van der Waals surface area contributed by atoms with E-state index < -0.39 is 0 Å². The molecule has 0 atom stereocenters. The van der Waals surface area contributed by atoms with Crippen molar-refractivity contribution in [2.24, 2.45) is 0 Å². The summed E-state index contributed by atoms with van der Waals surface area (Å²) in [5.41, 5.74) is 1.06. The monoisotopic (exact) mass is 301 g/mol. The zero-order chi connectivity index (χ0) is 13.8. The molecule has 20 heavy (non-hydrogen) atoms. The maximum Gasteiger partial charge on any atom is 0.371 e. The van der Waals surface area contributed by atoms with E-state index in [0.717, 1.165) is 26.8 Å². The molecule has 0 aliphatic carbocycles. The van der Waals surface area contributed by atoms with Gasteiger partial charge >= 0.3 is 11.5 Å². The van der Waals surface area contributed by atoms with Crippen LogP contribution in [0.25, 0.3) is 27.4 Å². The van der Waals surface area contributed by atoms with E-state index >= 15 is 0 Å². The Hall–Kier alpha value is -1.91. The highest BCUT2D eigenvalue weighted by Gasteiger charge is 2.20. The van der Waals surface area contributed by atoms with Gasteiger partial charge in [-0.05, 0) is 34.5 Å². The molecule has 0 aliphatic heterocycles. The molecular weight excluding hydrogens is 288 g/mol. The highest BCUT2D eigenvalue weighted by atomic mass is 32.1. The fraction of sp³-hybridized carbons (Fsp3) is 0.0625. The second-order valence-corrected chi connectivity index (χ2v) is 6.01. The molecule has 3 rings (SSSR count). The largest absolute Gasteiger partial charge is 0.504 e. The Balaban J connectivity index is 2.10. The minimum absolute atomic E-state index is 0.877. The third-order valence-corrected chi connectivity index (χ3v) is 4.51. The first kappa shape index (κ1) is 13.1. The van der Waals surface area contributed by atoms with Gasteiger partial charge in [-0.2, -0.15) is 0 Å². The molecule has 3 heterocycles. The fourth-order valence-corrected chi connectivity index (χ4v) is 3.20. The Morgan fingerprint density at radius 3 is 2.05 bits per heavy atom. The lowest BCUT2D eigenvalue weighted by atomic mass is 10.2. The van der Waals surface area contributed by atoms with Gasteiger partial charge in [0.1, 0.15) is 9.75 Å². The number of hydrogen-bond donors (Lipinski definition) is 0. The molecule has 4 heteroatoms. The van der Waals surface area contributed by atoms with Crippen molar-refractivity contribution >= 4 is 28.7 Å². The second kappa shape index (κ2) is 6.03. The first-order valence-corrected chi connectivity index (χ1v) is 7.88. The van der Waals surface area contributed by atoms with Crippen LogP contribution in [-0.4, -0.2) is 7.11 Å². The van der Waals surface area contributed by atoms with Gasteiger partial charge in [0.05, 0.1) is 25.5 Å². The molecule has 0 spiro atoms. The van der Waals surface area contributed by atoms with Crippen LogP contribution in [0.5, 0.6) is 0 Å². The minimum atomic E-state index is 0.877. The molecule has 0 aliphatic rings. The number of methoxy groups -OCH3 is 1. The van der Waals surface area contributed by atoms with Crippen molar-refractivity contribution in [2.45, 2.75) is 0 Å². The van der Waals surface area contributed by atoms with Gasteiger partial charge in [-0.15, -0.1) is 22.7 Å². The van der Waals surface area contributed by atoms with E-state index in [9.17, 15) is 0 Å². The summed E-state index contributed by atoms with van der Waals surface area (Å²) in [5, 5.41) is 4.10. The first-order valence-electron chi connectivity index (χ1n) is 6.12. The predicted octanol–water partition coefficient (Wildman–Crippen LogP) is 5.63. The van der Waals surface area contributed by atoms with E-state index in [1.165, 1.54) is 0 Å². The maximum atomic E-state index is 6.03. The Bertz CT molecular complexity index is 646. The minimum Gasteiger partial charge on any atom is -0.504 e. The molecule has 3 aromatic heterocycles. The summed E-state index contributed by atoms with van der Waals surface area (Å²) in [5.74, 6) is 1.75. The van der Waals surface area contributed by atoms with Crippen LogP contribution in [0.2, 0.25) is 0 Å². The van der Waals surface area contributed by atoms with Crippen molar-refractivity contribution in [3.05, 3.63) is 59.0 Å². The highest BCUT2D eigenvalue weighted by Crippen LogP contribution is 2.33. The number of hydrogen-bond acceptors (Lipinski definition) is 3. The fourth-order valence-electron chi connectivity index (χ4n) is 1.85. The molecule has 0 saturated heterocycles. The van der Waals surface area contributed by atoms with Crippen LogP contribution in [0, 0.1) is 0 Å². The molecule has 0 radical (unpaired) electrons. The summed E-state index contributed by atoms with van der Waals surface area (Å²) in [6.07, 6.45) is 3.61. The summed E-state index contributed by atoms with van der Waals surface area (Å²) in [6, 6.07) is 12.2. The van der Waals surface area contributed by atoms with E-state index in [4.69, 9.17) is 9.15 Å². The summed E-state index contributed by atoms with van der Waals surface area (Å²) in [6.45, 7) is 0. The van der Waals surface area contributed by atoms with E-state index in [-0.39, 0.29) is 0 Å². The normalized spacial score (nSPS) is 11.1. The highest BCUT2D eigenvalue weighted by molar-refractivity contribution is 7.13. The second-order valence-electron chi connectivity index (χ2n) is 4.11. The third-order valence-electron chi connectivity index (χ3n) is 2.74. The Morgan fingerprint density at radius 2 is 1.60 bits per heavy atom. The molecule has 100 valence electrons. The topological polar surface area (TPSA) is 20.5 Å². The number of ether oxygens (including phenoxy) is 1. The summed E-state index contributed by atoms with van der Waals surface area (Å²) >= 11 is 3.34. The average molecular weight is 301 g/mol. The van der Waals surface area contributed by atoms with Crippen LogP contribution in [0.3, 0.4) is 0 Å². The van der Waals surface area contributed by atoms with Crippen molar-refractivity contribution < 1.29 is 9.15 Å². The third kappa shape index (κ3) is 2.81. The van der Waals surface area contributed by atoms with Crippen LogP contribution >= 0.6 is 22.7 Å². The summed E-state index contributed by atoms with van der Waals surface area (Å²) in [4.78, 5) is 2.24. The smallest absolute Gasteiger partial charge is 0.371 e. The Labute approximate surface area is 125 Å². The summed E-state index contributed by atoms with van der Waals surface area (Å²) < 4.78 is 11.0. The van der Waals surface area contributed by atoms with Gasteiger partial charge in [0.25, 0.3) is 0 Å². The lowest BCUT2D eigenvalue weighted by Gasteiger charge is -1.94. The van der Waals surface area contributed by atoms with Gasteiger partial charge in [0, 0.05) is 0 Å². The van der Waals surface area contributed by atoms with Crippen molar-refractivity contribution in [3.8, 4) is 21.3 Å². The van der Waals surface area contributed by atoms with Crippen molar-refractivity contribution in [1.29, 1.82) is 0 Å². The van der Waals surface area contributed by atoms with Crippen LogP contribution < -0.4 is 0 Å². The summed E-state index contributed by atoms with van der Waals surface area (Å²) in [7, 11) is 1.64. The first-order chi connectivity index (χ1) is 9.86. The molecule has 2 nitrogen and oxygen atoms in total. The SMILES string of the molecule is COC=Cc1cc(-c2cccs2)[o+]c(-c2cccs2)c1. The lowest BCUT2D eigenvalue weighted by Crippen LogP contribution is -1.81. The lowest BCUT2D eigenvalue weighted by molar-refractivity contribution is 0.341. The van der Waals surface area contributed by atoms with Gasteiger partial charge in [0.2, 0.25) is 0 Å². The zero-order valence-corrected chi connectivity index (χ0v) is 12.5. The van der Waals surface area contributed by atoms with Gasteiger partial charge in [-0.1, -0.05) is 12.1 Å². The molecule has 0 N–H and O–H groups in total. The molecular formula is C16H13O2S2+. The van der Waals surface area contributed by atoms with E-state index in [1.54, 1.807) is 36.0 Å². The van der Waals surface area contributed by atoms with Crippen molar-refractivity contribution in [2.75, 3.05) is 7.11 Å². The molecule has 0 aromatic carbocycles.